The summed E-state index contributed by atoms with van der Waals surface area (Å²) in [6.45, 7) is 21.7. The van der Waals surface area contributed by atoms with Gasteiger partial charge in [0.2, 0.25) is 0 Å². The van der Waals surface area contributed by atoms with Crippen LogP contribution in [0.1, 0.15) is 74.1 Å². The first-order valence-corrected chi connectivity index (χ1v) is 13.0. The van der Waals surface area contributed by atoms with Gasteiger partial charge in [0.1, 0.15) is 11.2 Å². The van der Waals surface area contributed by atoms with E-state index in [4.69, 9.17) is 9.16 Å². The summed E-state index contributed by atoms with van der Waals surface area (Å²) >= 11 is 0. The van der Waals surface area contributed by atoms with Crippen LogP contribution in [0.4, 0.5) is 0 Å². The molecule has 0 N–H and O–H groups in total. The van der Waals surface area contributed by atoms with Crippen molar-refractivity contribution in [3.8, 4) is 0 Å². The average molecular weight is 351 g/mol. The standard InChI is InChI=1S/C21H38O2Si/c1-17(2,3)24(8,9)22-16-10-15-19(6)12-14(19)11-18(4,5)13-21(15)20(16,7)23-21/h14-16H,10-13H2,1-9H3/t14-,15+,16+,19-,20-,21+/m1/s1. The molecule has 4 aliphatic rings. The molecule has 3 aliphatic carbocycles. The topological polar surface area (TPSA) is 21.8 Å². The fourth-order valence-electron chi connectivity index (χ4n) is 6.22. The normalized spacial score (nSPS) is 52.1. The number of epoxide rings is 1. The Kier molecular flexibility index (Phi) is 3.17. The zero-order valence-electron chi connectivity index (χ0n) is 17.4. The van der Waals surface area contributed by atoms with Crippen LogP contribution < -0.4 is 0 Å². The van der Waals surface area contributed by atoms with Gasteiger partial charge in [-0.15, -0.1) is 0 Å². The number of rotatable bonds is 2. The molecule has 0 bridgehead atoms. The Morgan fingerprint density at radius 2 is 1.67 bits per heavy atom. The molecule has 0 amide bonds. The van der Waals surface area contributed by atoms with Gasteiger partial charge in [-0.1, -0.05) is 41.5 Å². The molecule has 138 valence electrons. The lowest BCUT2D eigenvalue weighted by atomic mass is 9.73. The average Bonchev–Trinajstić information content (AvgIpc) is 3.15. The molecule has 0 aromatic heterocycles. The Hall–Kier alpha value is 0.137. The molecule has 3 heteroatoms. The van der Waals surface area contributed by atoms with Gasteiger partial charge in [-0.3, -0.25) is 0 Å². The van der Waals surface area contributed by atoms with Crippen LogP contribution in [0.3, 0.4) is 0 Å². The van der Waals surface area contributed by atoms with Crippen LogP contribution in [0.2, 0.25) is 18.1 Å². The van der Waals surface area contributed by atoms with Crippen molar-refractivity contribution in [1.29, 1.82) is 0 Å². The van der Waals surface area contributed by atoms with Crippen LogP contribution in [-0.4, -0.2) is 25.6 Å². The molecule has 24 heavy (non-hydrogen) atoms. The number of hydrogen-bond acceptors (Lipinski definition) is 2. The molecule has 0 aromatic carbocycles. The van der Waals surface area contributed by atoms with E-state index >= 15 is 0 Å². The highest BCUT2D eigenvalue weighted by Crippen LogP contribution is 2.79. The smallest absolute Gasteiger partial charge is 0.192 e. The summed E-state index contributed by atoms with van der Waals surface area (Å²) in [5.74, 6) is 1.62. The maximum absolute atomic E-state index is 6.94. The zero-order chi connectivity index (χ0) is 18.0. The summed E-state index contributed by atoms with van der Waals surface area (Å²) in [7, 11) is -1.76. The van der Waals surface area contributed by atoms with Gasteiger partial charge >= 0.3 is 0 Å². The van der Waals surface area contributed by atoms with Crippen molar-refractivity contribution in [2.75, 3.05) is 0 Å². The molecular formula is C21H38O2Si. The first kappa shape index (κ1) is 17.5. The third-order valence-corrected chi connectivity index (χ3v) is 13.3. The highest BCUT2D eigenvalue weighted by Gasteiger charge is 2.84. The summed E-state index contributed by atoms with van der Waals surface area (Å²) in [6.07, 6.45) is 5.55. The highest BCUT2D eigenvalue weighted by molar-refractivity contribution is 6.74. The minimum Gasteiger partial charge on any atom is -0.411 e. The van der Waals surface area contributed by atoms with E-state index < -0.39 is 8.32 Å². The van der Waals surface area contributed by atoms with Gasteiger partial charge in [0, 0.05) is 0 Å². The lowest BCUT2D eigenvalue weighted by molar-refractivity contribution is 0.0360. The lowest BCUT2D eigenvalue weighted by Gasteiger charge is -2.40. The predicted molar refractivity (Wildman–Crippen MR) is 102 cm³/mol. The number of fused-ring (bicyclic) bond motifs is 2. The molecule has 0 radical (unpaired) electrons. The van der Waals surface area contributed by atoms with E-state index in [1.165, 1.54) is 25.7 Å². The van der Waals surface area contributed by atoms with E-state index in [9.17, 15) is 0 Å². The molecule has 4 fully saturated rings. The zero-order valence-corrected chi connectivity index (χ0v) is 18.4. The second kappa shape index (κ2) is 4.34. The Morgan fingerprint density at radius 1 is 1.04 bits per heavy atom. The predicted octanol–water partition coefficient (Wildman–Crippen LogP) is 5.77. The molecule has 1 spiro atoms. The Bertz CT molecular complexity index is 577. The SMILES string of the molecule is CC1(C)C[C@@H]2C[C@@]2(C)[C@@H]2C[C@H](O[Si](C)(C)C(C)(C)C)[C@@]3(C)O[C@@]23C1. The van der Waals surface area contributed by atoms with Crippen LogP contribution in [0.15, 0.2) is 0 Å². The van der Waals surface area contributed by atoms with Crippen molar-refractivity contribution in [2.45, 2.75) is 110 Å². The molecular weight excluding hydrogens is 312 g/mol. The highest BCUT2D eigenvalue weighted by atomic mass is 28.4. The van der Waals surface area contributed by atoms with Gasteiger partial charge < -0.3 is 9.16 Å². The monoisotopic (exact) mass is 350 g/mol. The van der Waals surface area contributed by atoms with Gasteiger partial charge in [0.05, 0.1) is 6.10 Å². The van der Waals surface area contributed by atoms with Crippen LogP contribution in [-0.2, 0) is 9.16 Å². The number of hydrogen-bond donors (Lipinski definition) is 0. The van der Waals surface area contributed by atoms with Crippen molar-refractivity contribution in [1.82, 2.24) is 0 Å². The van der Waals surface area contributed by atoms with Gasteiger partial charge in [0.15, 0.2) is 8.32 Å². The van der Waals surface area contributed by atoms with Crippen LogP contribution in [0, 0.1) is 22.7 Å². The van der Waals surface area contributed by atoms with E-state index in [0.717, 1.165) is 5.92 Å². The Labute approximate surface area is 150 Å². The van der Waals surface area contributed by atoms with E-state index in [1.807, 2.05) is 0 Å². The van der Waals surface area contributed by atoms with Crippen molar-refractivity contribution in [2.24, 2.45) is 22.7 Å². The third-order valence-electron chi connectivity index (χ3n) is 8.86. The minimum atomic E-state index is -1.76. The Morgan fingerprint density at radius 3 is 2.25 bits per heavy atom. The molecule has 3 saturated carbocycles. The largest absolute Gasteiger partial charge is 0.411 e. The maximum atomic E-state index is 6.94. The van der Waals surface area contributed by atoms with Crippen molar-refractivity contribution >= 4 is 8.32 Å². The van der Waals surface area contributed by atoms with Gasteiger partial charge in [-0.2, -0.15) is 0 Å². The second-order valence-electron chi connectivity index (χ2n) is 12.2. The molecule has 1 saturated heterocycles. The maximum Gasteiger partial charge on any atom is 0.192 e. The van der Waals surface area contributed by atoms with Gasteiger partial charge in [-0.25, -0.2) is 0 Å². The first-order valence-electron chi connectivity index (χ1n) is 10.0. The Balaban J connectivity index is 1.65. The van der Waals surface area contributed by atoms with E-state index in [-0.39, 0.29) is 16.2 Å². The summed E-state index contributed by atoms with van der Waals surface area (Å²) in [5, 5.41) is 0.265. The van der Waals surface area contributed by atoms with Crippen LogP contribution in [0.25, 0.3) is 0 Å². The molecule has 2 nitrogen and oxygen atoms in total. The molecule has 4 rings (SSSR count). The number of ether oxygens (including phenoxy) is 1. The fraction of sp³-hybridized carbons (Fsp3) is 1.00. The van der Waals surface area contributed by atoms with E-state index in [1.54, 1.807) is 0 Å². The lowest BCUT2D eigenvalue weighted by Crippen LogP contribution is -2.47. The van der Waals surface area contributed by atoms with Crippen molar-refractivity contribution in [3.05, 3.63) is 0 Å². The summed E-state index contributed by atoms with van der Waals surface area (Å²) in [5.41, 5.74) is 0.979. The summed E-state index contributed by atoms with van der Waals surface area (Å²) in [4.78, 5) is 0. The molecule has 1 aliphatic heterocycles. The van der Waals surface area contributed by atoms with Gasteiger partial charge in [0.25, 0.3) is 0 Å². The molecule has 0 unspecified atom stereocenters. The van der Waals surface area contributed by atoms with Crippen LogP contribution in [0.5, 0.6) is 0 Å². The first-order chi connectivity index (χ1) is 10.7. The second-order valence-corrected chi connectivity index (χ2v) is 17.0. The molecule has 0 aromatic rings. The van der Waals surface area contributed by atoms with Crippen molar-refractivity contribution in [3.63, 3.8) is 0 Å². The fourth-order valence-corrected chi connectivity index (χ4v) is 7.61. The quantitative estimate of drug-likeness (QED) is 0.466. The summed E-state index contributed by atoms with van der Waals surface area (Å²) < 4.78 is 13.6. The van der Waals surface area contributed by atoms with Crippen molar-refractivity contribution < 1.29 is 9.16 Å². The van der Waals surface area contributed by atoms with Crippen LogP contribution >= 0.6 is 0 Å². The summed E-state index contributed by atoms with van der Waals surface area (Å²) in [6, 6.07) is 0. The van der Waals surface area contributed by atoms with E-state index in [2.05, 4.69) is 61.6 Å². The molecule has 6 atom stereocenters. The van der Waals surface area contributed by atoms with Gasteiger partial charge in [-0.05, 0) is 73.4 Å². The van der Waals surface area contributed by atoms with E-state index in [0.29, 0.717) is 22.9 Å². The third kappa shape index (κ3) is 2.07. The minimum absolute atomic E-state index is 0.0368. The molecule has 1 heterocycles.